The number of Topliss-reactive ketones (excluding diaryl/α,β-unsaturated/α-hetero) is 2. The van der Waals surface area contributed by atoms with Crippen molar-refractivity contribution in [2.45, 2.75) is 47.0 Å². The van der Waals surface area contributed by atoms with Gasteiger partial charge in [0.2, 0.25) is 0 Å². The van der Waals surface area contributed by atoms with Crippen molar-refractivity contribution in [3.05, 3.63) is 69.8 Å². The van der Waals surface area contributed by atoms with Crippen LogP contribution in [0.2, 0.25) is 0 Å². The van der Waals surface area contributed by atoms with E-state index in [-0.39, 0.29) is 11.6 Å². The predicted octanol–water partition coefficient (Wildman–Crippen LogP) is 4.88. The van der Waals surface area contributed by atoms with Gasteiger partial charge >= 0.3 is 0 Å². The summed E-state index contributed by atoms with van der Waals surface area (Å²) in [6, 6.07) is 12.2. The summed E-state index contributed by atoms with van der Waals surface area (Å²) in [5, 5.41) is 0. The molecule has 0 unspecified atom stereocenters. The van der Waals surface area contributed by atoms with E-state index in [1.54, 1.807) is 13.8 Å². The molecule has 0 radical (unpaired) electrons. The maximum absolute atomic E-state index is 11.6. The van der Waals surface area contributed by atoms with Gasteiger partial charge in [-0.1, -0.05) is 24.3 Å². The van der Waals surface area contributed by atoms with Gasteiger partial charge in [-0.25, -0.2) is 0 Å². The van der Waals surface area contributed by atoms with Crippen molar-refractivity contribution in [1.82, 2.24) is 0 Å². The quantitative estimate of drug-likeness (QED) is 0.712. The van der Waals surface area contributed by atoms with Crippen molar-refractivity contribution in [2.75, 3.05) is 0 Å². The standard InChI is InChI=1S/C21H24O2/c1-14-8-10-18(12-20(14)16(3)22)6-5-7-19-11-9-15(2)21(13-19)17(4)23/h8-13H,5-7H2,1-4H3. The van der Waals surface area contributed by atoms with E-state index in [1.807, 2.05) is 38.1 Å². The first-order valence-electron chi connectivity index (χ1n) is 8.09. The number of aryl methyl sites for hydroxylation is 4. The van der Waals surface area contributed by atoms with Gasteiger partial charge in [-0.2, -0.15) is 0 Å². The van der Waals surface area contributed by atoms with Crippen LogP contribution in [-0.2, 0) is 12.8 Å². The second kappa shape index (κ2) is 7.36. The van der Waals surface area contributed by atoms with Gasteiger partial charge in [-0.05, 0) is 81.3 Å². The van der Waals surface area contributed by atoms with Crippen molar-refractivity contribution in [1.29, 1.82) is 0 Å². The Kier molecular flexibility index (Phi) is 5.49. The van der Waals surface area contributed by atoms with Crippen LogP contribution in [-0.4, -0.2) is 11.6 Å². The van der Waals surface area contributed by atoms with Crippen molar-refractivity contribution in [2.24, 2.45) is 0 Å². The average Bonchev–Trinajstić information content (AvgIpc) is 2.50. The summed E-state index contributed by atoms with van der Waals surface area (Å²) in [4.78, 5) is 23.2. The third kappa shape index (κ3) is 4.38. The first kappa shape index (κ1) is 17.1. The average molecular weight is 308 g/mol. The van der Waals surface area contributed by atoms with Crippen LogP contribution in [0.5, 0.6) is 0 Å². The minimum Gasteiger partial charge on any atom is -0.295 e. The SMILES string of the molecule is CC(=O)c1cc(CCCc2ccc(C)c(C(C)=O)c2)ccc1C. The van der Waals surface area contributed by atoms with E-state index in [2.05, 4.69) is 12.1 Å². The van der Waals surface area contributed by atoms with Crippen LogP contribution in [0.3, 0.4) is 0 Å². The molecule has 2 nitrogen and oxygen atoms in total. The fourth-order valence-electron chi connectivity index (χ4n) is 2.90. The monoisotopic (exact) mass is 308 g/mol. The topological polar surface area (TPSA) is 34.1 Å². The maximum atomic E-state index is 11.6. The number of rotatable bonds is 6. The highest BCUT2D eigenvalue weighted by Gasteiger charge is 2.07. The molecule has 0 aliphatic rings. The molecule has 2 rings (SSSR count). The van der Waals surface area contributed by atoms with E-state index in [4.69, 9.17) is 0 Å². The first-order valence-corrected chi connectivity index (χ1v) is 8.09. The lowest BCUT2D eigenvalue weighted by Gasteiger charge is -2.08. The summed E-state index contributed by atoms with van der Waals surface area (Å²) >= 11 is 0. The van der Waals surface area contributed by atoms with Crippen molar-refractivity contribution < 1.29 is 9.59 Å². The molecule has 0 fully saturated rings. The Labute approximate surface area is 138 Å². The molecule has 23 heavy (non-hydrogen) atoms. The summed E-state index contributed by atoms with van der Waals surface area (Å²) in [6.07, 6.45) is 2.87. The zero-order valence-corrected chi connectivity index (χ0v) is 14.4. The van der Waals surface area contributed by atoms with Gasteiger partial charge in [0.05, 0.1) is 0 Å². The Morgan fingerprint density at radius 1 is 0.739 bits per heavy atom. The van der Waals surface area contributed by atoms with Crippen molar-refractivity contribution in [3.63, 3.8) is 0 Å². The Hall–Kier alpha value is -2.22. The molecule has 0 atom stereocenters. The number of ketones is 2. The Balaban J connectivity index is 2.03. The van der Waals surface area contributed by atoms with Crippen LogP contribution >= 0.6 is 0 Å². The summed E-state index contributed by atoms with van der Waals surface area (Å²) in [5.41, 5.74) is 6.09. The van der Waals surface area contributed by atoms with Gasteiger partial charge in [-0.3, -0.25) is 9.59 Å². The van der Waals surface area contributed by atoms with Crippen molar-refractivity contribution >= 4 is 11.6 Å². The van der Waals surface area contributed by atoms with E-state index in [1.165, 1.54) is 11.1 Å². The fourth-order valence-corrected chi connectivity index (χ4v) is 2.90. The summed E-state index contributed by atoms with van der Waals surface area (Å²) < 4.78 is 0. The summed E-state index contributed by atoms with van der Waals surface area (Å²) in [7, 11) is 0. The van der Waals surface area contributed by atoms with Crippen LogP contribution in [0, 0.1) is 13.8 Å². The van der Waals surface area contributed by atoms with Gasteiger partial charge < -0.3 is 0 Å². The number of carbonyl (C=O) groups is 2. The lowest BCUT2D eigenvalue weighted by atomic mass is 9.96. The molecular formula is C21H24O2. The number of carbonyl (C=O) groups excluding carboxylic acids is 2. The van der Waals surface area contributed by atoms with Crippen LogP contribution in [0.25, 0.3) is 0 Å². The third-order valence-corrected chi connectivity index (χ3v) is 4.29. The Morgan fingerprint density at radius 2 is 1.13 bits per heavy atom. The van der Waals surface area contributed by atoms with Crippen LogP contribution in [0.1, 0.15) is 63.2 Å². The molecule has 0 saturated heterocycles. The van der Waals surface area contributed by atoms with E-state index in [0.29, 0.717) is 0 Å². The predicted molar refractivity (Wildman–Crippen MR) is 94.4 cm³/mol. The molecule has 0 saturated carbocycles. The smallest absolute Gasteiger partial charge is 0.160 e. The molecular weight excluding hydrogens is 284 g/mol. The van der Waals surface area contributed by atoms with Crippen LogP contribution < -0.4 is 0 Å². The van der Waals surface area contributed by atoms with Gasteiger partial charge in [0.15, 0.2) is 11.6 Å². The Morgan fingerprint density at radius 3 is 1.48 bits per heavy atom. The molecule has 0 aromatic heterocycles. The largest absolute Gasteiger partial charge is 0.295 e. The van der Waals surface area contributed by atoms with Gasteiger partial charge in [0.25, 0.3) is 0 Å². The molecule has 0 amide bonds. The summed E-state index contributed by atoms with van der Waals surface area (Å²) in [5.74, 6) is 0.239. The molecule has 0 aliphatic carbocycles. The molecule has 0 N–H and O–H groups in total. The van der Waals surface area contributed by atoms with Crippen LogP contribution in [0.4, 0.5) is 0 Å². The van der Waals surface area contributed by atoms with Crippen LogP contribution in [0.15, 0.2) is 36.4 Å². The van der Waals surface area contributed by atoms with Gasteiger partial charge in [0.1, 0.15) is 0 Å². The molecule has 2 aromatic carbocycles. The molecule has 0 spiro atoms. The molecule has 0 heterocycles. The molecule has 0 aliphatic heterocycles. The summed E-state index contributed by atoms with van der Waals surface area (Å²) in [6.45, 7) is 7.16. The lowest BCUT2D eigenvalue weighted by Crippen LogP contribution is -2.00. The van der Waals surface area contributed by atoms with E-state index < -0.39 is 0 Å². The molecule has 0 bridgehead atoms. The number of hydrogen-bond donors (Lipinski definition) is 0. The van der Waals surface area contributed by atoms with E-state index >= 15 is 0 Å². The highest BCUT2D eigenvalue weighted by Crippen LogP contribution is 2.17. The number of hydrogen-bond acceptors (Lipinski definition) is 2. The zero-order valence-electron chi connectivity index (χ0n) is 14.4. The van der Waals surface area contributed by atoms with E-state index in [9.17, 15) is 9.59 Å². The number of benzene rings is 2. The minimum absolute atomic E-state index is 0.119. The maximum Gasteiger partial charge on any atom is 0.160 e. The Bertz CT molecular complexity index is 678. The van der Waals surface area contributed by atoms with Crippen molar-refractivity contribution in [3.8, 4) is 0 Å². The molecule has 120 valence electrons. The van der Waals surface area contributed by atoms with Gasteiger partial charge in [-0.15, -0.1) is 0 Å². The molecule has 2 heteroatoms. The lowest BCUT2D eigenvalue weighted by molar-refractivity contribution is 0.100. The molecule has 2 aromatic rings. The highest BCUT2D eigenvalue weighted by molar-refractivity contribution is 5.96. The van der Waals surface area contributed by atoms with E-state index in [0.717, 1.165) is 41.5 Å². The van der Waals surface area contributed by atoms with Gasteiger partial charge in [0, 0.05) is 11.1 Å². The third-order valence-electron chi connectivity index (χ3n) is 4.29. The highest BCUT2D eigenvalue weighted by atomic mass is 16.1. The second-order valence-electron chi connectivity index (χ2n) is 6.26. The second-order valence-corrected chi connectivity index (χ2v) is 6.26. The fraction of sp³-hybridized carbons (Fsp3) is 0.333. The minimum atomic E-state index is 0.119. The zero-order chi connectivity index (χ0) is 17.0. The first-order chi connectivity index (χ1) is 10.9. The normalized spacial score (nSPS) is 10.6.